The summed E-state index contributed by atoms with van der Waals surface area (Å²) >= 11 is 0. The fraction of sp³-hybridized carbons (Fsp3) is 0.278. The lowest BCUT2D eigenvalue weighted by Gasteiger charge is -2.15. The van der Waals surface area contributed by atoms with Gasteiger partial charge in [0.25, 0.3) is 0 Å². The van der Waals surface area contributed by atoms with Gasteiger partial charge in [0, 0.05) is 18.8 Å². The molecule has 2 aromatic rings. The zero-order chi connectivity index (χ0) is 15.3. The molecule has 0 amide bonds. The number of Topliss-reactive ketones (excluding diaryl/α,β-unsaturated/α-hetero) is 1. The van der Waals surface area contributed by atoms with Crippen molar-refractivity contribution < 1.29 is 14.3 Å². The first kappa shape index (κ1) is 17.1. The lowest BCUT2D eigenvalue weighted by Crippen LogP contribution is -2.27. The van der Waals surface area contributed by atoms with E-state index in [1.165, 1.54) is 0 Å². The molecule has 0 aliphatic carbocycles. The van der Waals surface area contributed by atoms with E-state index in [9.17, 15) is 4.79 Å². The zero-order valence-electron chi connectivity index (χ0n) is 12.6. The predicted octanol–water partition coefficient (Wildman–Crippen LogP) is 3.96. The van der Waals surface area contributed by atoms with Gasteiger partial charge in [0.15, 0.2) is 0 Å². The van der Waals surface area contributed by atoms with Crippen LogP contribution in [-0.4, -0.2) is 25.3 Å². The highest BCUT2D eigenvalue weighted by Gasteiger charge is 2.19. The van der Waals surface area contributed by atoms with E-state index < -0.39 is 6.29 Å². The number of ketones is 1. The van der Waals surface area contributed by atoms with E-state index in [-0.39, 0.29) is 5.78 Å². The Balaban J connectivity index is 0.000000304. The van der Waals surface area contributed by atoms with Gasteiger partial charge in [-0.25, -0.2) is 0 Å². The molecule has 2 rings (SSSR count). The van der Waals surface area contributed by atoms with Crippen LogP contribution < -0.4 is 0 Å². The van der Waals surface area contributed by atoms with Gasteiger partial charge in [-0.05, 0) is 13.8 Å². The molecule has 0 unspecified atom stereocenters. The van der Waals surface area contributed by atoms with E-state index in [1.807, 2.05) is 68.4 Å². The monoisotopic (exact) mass is 286 g/mol. The van der Waals surface area contributed by atoms with Crippen molar-refractivity contribution in [3.05, 3.63) is 72.3 Å². The zero-order valence-corrected chi connectivity index (χ0v) is 12.6. The second-order valence-corrected chi connectivity index (χ2v) is 4.13. The Hall–Kier alpha value is -1.97. The van der Waals surface area contributed by atoms with Crippen LogP contribution in [0.1, 0.15) is 24.2 Å². The van der Waals surface area contributed by atoms with Crippen LogP contribution in [-0.2, 0) is 9.47 Å². The topological polar surface area (TPSA) is 35.5 Å². The van der Waals surface area contributed by atoms with Gasteiger partial charge in [-0.1, -0.05) is 66.7 Å². The fourth-order valence-corrected chi connectivity index (χ4v) is 1.63. The van der Waals surface area contributed by atoms with Crippen molar-refractivity contribution in [3.63, 3.8) is 0 Å². The highest BCUT2D eigenvalue weighted by atomic mass is 16.7. The number of hydrogen-bond acceptors (Lipinski definition) is 3. The van der Waals surface area contributed by atoms with Gasteiger partial charge >= 0.3 is 0 Å². The van der Waals surface area contributed by atoms with Crippen molar-refractivity contribution >= 4 is 5.78 Å². The van der Waals surface area contributed by atoms with Crippen LogP contribution in [0, 0.1) is 0 Å². The molecule has 21 heavy (non-hydrogen) atoms. The summed E-state index contributed by atoms with van der Waals surface area (Å²) in [4.78, 5) is 11.9. The molecule has 0 heterocycles. The molecular formula is C18H22O3. The molecular weight excluding hydrogens is 264 g/mol. The van der Waals surface area contributed by atoms with Crippen LogP contribution in [0.4, 0.5) is 0 Å². The van der Waals surface area contributed by atoms with Crippen molar-refractivity contribution in [1.82, 2.24) is 0 Å². The smallest absolute Gasteiger partial charge is 0.222 e. The van der Waals surface area contributed by atoms with E-state index in [1.54, 1.807) is 12.1 Å². The number of rotatable bonds is 6. The summed E-state index contributed by atoms with van der Waals surface area (Å²) in [5.74, 6) is -0.126. The molecule has 0 aliphatic heterocycles. The fourth-order valence-electron chi connectivity index (χ4n) is 1.63. The van der Waals surface area contributed by atoms with Crippen molar-refractivity contribution in [2.24, 2.45) is 0 Å². The molecule has 0 bridgehead atoms. The van der Waals surface area contributed by atoms with E-state index in [2.05, 4.69) is 0 Å². The van der Waals surface area contributed by atoms with E-state index in [0.29, 0.717) is 18.8 Å². The van der Waals surface area contributed by atoms with Gasteiger partial charge in [0.1, 0.15) is 0 Å². The molecule has 0 spiro atoms. The second kappa shape index (κ2) is 10.8. The van der Waals surface area contributed by atoms with Crippen LogP contribution in [0.3, 0.4) is 0 Å². The van der Waals surface area contributed by atoms with Gasteiger partial charge in [0.2, 0.25) is 12.1 Å². The maximum atomic E-state index is 11.9. The minimum absolute atomic E-state index is 0.126. The van der Waals surface area contributed by atoms with E-state index >= 15 is 0 Å². The van der Waals surface area contributed by atoms with Gasteiger partial charge in [0.05, 0.1) is 0 Å². The summed E-state index contributed by atoms with van der Waals surface area (Å²) in [6, 6.07) is 21.0. The average Bonchev–Trinajstić information content (AvgIpc) is 2.57. The van der Waals surface area contributed by atoms with Gasteiger partial charge in [-0.2, -0.15) is 0 Å². The van der Waals surface area contributed by atoms with Crippen molar-refractivity contribution in [3.8, 4) is 0 Å². The van der Waals surface area contributed by atoms with Gasteiger partial charge in [-0.3, -0.25) is 4.79 Å². The molecule has 3 heteroatoms. The Morgan fingerprint density at radius 3 is 1.57 bits per heavy atom. The van der Waals surface area contributed by atoms with E-state index in [0.717, 1.165) is 0 Å². The normalized spacial score (nSPS) is 9.86. The molecule has 0 N–H and O–H groups in total. The predicted molar refractivity (Wildman–Crippen MR) is 84.3 cm³/mol. The molecule has 0 atom stereocenters. The lowest BCUT2D eigenvalue weighted by molar-refractivity contribution is -0.107. The third-order valence-electron chi connectivity index (χ3n) is 2.58. The Kier molecular flexibility index (Phi) is 8.76. The molecule has 0 fully saturated rings. The number of carbonyl (C=O) groups excluding carboxylic acids is 1. The summed E-state index contributed by atoms with van der Waals surface area (Å²) < 4.78 is 10.5. The first-order valence-corrected chi connectivity index (χ1v) is 7.12. The highest BCUT2D eigenvalue weighted by molar-refractivity contribution is 5.98. The van der Waals surface area contributed by atoms with Crippen molar-refractivity contribution in [2.45, 2.75) is 20.1 Å². The highest BCUT2D eigenvalue weighted by Crippen LogP contribution is 2.07. The number of benzene rings is 2. The van der Waals surface area contributed by atoms with Crippen molar-refractivity contribution in [2.75, 3.05) is 13.2 Å². The summed E-state index contributed by atoms with van der Waals surface area (Å²) in [5, 5.41) is 0. The van der Waals surface area contributed by atoms with E-state index in [4.69, 9.17) is 9.47 Å². The number of ether oxygens (including phenoxy) is 2. The first-order valence-electron chi connectivity index (χ1n) is 7.12. The molecule has 0 aromatic heterocycles. The Labute approximate surface area is 126 Å². The van der Waals surface area contributed by atoms with Gasteiger partial charge < -0.3 is 9.47 Å². The summed E-state index contributed by atoms with van der Waals surface area (Å²) in [7, 11) is 0. The SMILES string of the molecule is CCOC(OCC)C(=O)c1ccccc1.c1ccccc1. The summed E-state index contributed by atoms with van der Waals surface area (Å²) in [6.45, 7) is 4.60. The molecule has 0 saturated carbocycles. The molecule has 112 valence electrons. The lowest BCUT2D eigenvalue weighted by atomic mass is 10.1. The third-order valence-corrected chi connectivity index (χ3v) is 2.58. The number of hydrogen-bond donors (Lipinski definition) is 0. The minimum Gasteiger partial charge on any atom is -0.346 e. The largest absolute Gasteiger partial charge is 0.346 e. The summed E-state index contributed by atoms with van der Waals surface area (Å²) in [5.41, 5.74) is 0.615. The molecule has 0 aliphatic rings. The van der Waals surface area contributed by atoms with Gasteiger partial charge in [-0.15, -0.1) is 0 Å². The van der Waals surface area contributed by atoms with Crippen LogP contribution in [0.25, 0.3) is 0 Å². The maximum Gasteiger partial charge on any atom is 0.222 e. The second-order valence-electron chi connectivity index (χ2n) is 4.13. The Morgan fingerprint density at radius 2 is 1.19 bits per heavy atom. The van der Waals surface area contributed by atoms with Crippen LogP contribution >= 0.6 is 0 Å². The third kappa shape index (κ3) is 6.84. The molecule has 3 nitrogen and oxygen atoms in total. The van der Waals surface area contributed by atoms with Crippen molar-refractivity contribution in [1.29, 1.82) is 0 Å². The maximum absolute atomic E-state index is 11.9. The number of carbonyl (C=O) groups is 1. The standard InChI is InChI=1S/C12H16O3.C6H6/c1-3-14-12(15-4-2)11(13)10-8-6-5-7-9-10;1-2-4-6-5-3-1/h5-9,12H,3-4H2,1-2H3;1-6H. The Morgan fingerprint density at radius 1 is 0.810 bits per heavy atom. The first-order chi connectivity index (χ1) is 10.3. The molecule has 2 aromatic carbocycles. The molecule has 0 saturated heterocycles. The minimum atomic E-state index is -0.776. The average molecular weight is 286 g/mol. The Bertz CT molecular complexity index is 450. The summed E-state index contributed by atoms with van der Waals surface area (Å²) in [6.07, 6.45) is -0.776. The molecule has 0 radical (unpaired) electrons. The van der Waals surface area contributed by atoms with Crippen LogP contribution in [0.15, 0.2) is 66.7 Å². The van der Waals surface area contributed by atoms with Crippen LogP contribution in [0.5, 0.6) is 0 Å². The van der Waals surface area contributed by atoms with Crippen LogP contribution in [0.2, 0.25) is 0 Å². The quantitative estimate of drug-likeness (QED) is 0.595.